The van der Waals surface area contributed by atoms with Gasteiger partial charge in [0.15, 0.2) is 5.82 Å². The zero-order valence-electron chi connectivity index (χ0n) is 20.5. The van der Waals surface area contributed by atoms with Gasteiger partial charge in [-0.05, 0) is 68.9 Å². The highest BCUT2D eigenvalue weighted by atomic mass is 16.1. The molecule has 1 aromatic heterocycles. The number of nitrogens with one attached hydrogen (secondary N) is 1. The van der Waals surface area contributed by atoms with E-state index in [-0.39, 0.29) is 11.6 Å². The second-order valence-corrected chi connectivity index (χ2v) is 11.4. The predicted octanol–water partition coefficient (Wildman–Crippen LogP) is 4.68. The van der Waals surface area contributed by atoms with Crippen LogP contribution in [0.25, 0.3) is 11.0 Å². The summed E-state index contributed by atoms with van der Waals surface area (Å²) >= 11 is 0. The molecule has 184 valence electrons. The van der Waals surface area contributed by atoms with Gasteiger partial charge in [0.05, 0.1) is 11.0 Å². The van der Waals surface area contributed by atoms with Crippen molar-refractivity contribution in [2.45, 2.75) is 101 Å². The van der Waals surface area contributed by atoms with E-state index in [1.807, 2.05) is 18.2 Å². The van der Waals surface area contributed by atoms with Gasteiger partial charge < -0.3 is 15.6 Å². The predicted molar refractivity (Wildman–Crippen MR) is 138 cm³/mol. The Bertz CT molecular complexity index is 1050. The Kier molecular flexibility index (Phi) is 6.37. The Hall–Kier alpha value is -1.92. The monoisotopic (exact) mass is 463 g/mol. The third-order valence-electron chi connectivity index (χ3n) is 9.49. The zero-order chi connectivity index (χ0) is 23.1. The Morgan fingerprint density at radius 2 is 1.71 bits per heavy atom. The summed E-state index contributed by atoms with van der Waals surface area (Å²) in [6, 6.07) is 10.4. The van der Waals surface area contributed by atoms with Crippen molar-refractivity contribution in [3.63, 3.8) is 0 Å². The van der Waals surface area contributed by atoms with E-state index >= 15 is 0 Å². The first-order valence-electron chi connectivity index (χ1n) is 14.0. The number of rotatable bonds is 5. The summed E-state index contributed by atoms with van der Waals surface area (Å²) in [6.45, 7) is 1.05. The molecule has 0 spiro atoms. The number of hydrogen-bond acceptors (Lipinski definition) is 5. The van der Waals surface area contributed by atoms with Crippen LogP contribution in [0.3, 0.4) is 0 Å². The molecule has 2 aliphatic heterocycles. The van der Waals surface area contributed by atoms with Crippen LogP contribution in [0.4, 0.5) is 5.82 Å². The van der Waals surface area contributed by atoms with Gasteiger partial charge in [-0.25, -0.2) is 4.98 Å². The maximum Gasteiger partial charge on any atom is 0.294 e. The van der Waals surface area contributed by atoms with E-state index in [4.69, 9.17) is 5.73 Å². The van der Waals surface area contributed by atoms with E-state index in [0.29, 0.717) is 31.0 Å². The van der Waals surface area contributed by atoms with Crippen molar-refractivity contribution >= 4 is 16.9 Å². The fraction of sp³-hybridized carbons (Fsp3) is 0.714. The van der Waals surface area contributed by atoms with Crippen molar-refractivity contribution < 1.29 is 0 Å². The SMILES string of the molecule is NCCNc1nc2ccccc2n(C2CC3CCCC(C2)N3C2CC3CCCCC2CC3)c1=O. The van der Waals surface area contributed by atoms with Crippen LogP contribution in [0, 0.1) is 11.8 Å². The second kappa shape index (κ2) is 9.62. The van der Waals surface area contributed by atoms with E-state index < -0.39 is 0 Å². The summed E-state index contributed by atoms with van der Waals surface area (Å²) in [4.78, 5) is 21.3. The summed E-state index contributed by atoms with van der Waals surface area (Å²) in [6.07, 6.45) is 16.2. The average Bonchev–Trinajstić information content (AvgIpc) is 2.82. The maximum atomic E-state index is 13.7. The molecule has 7 rings (SSSR count). The van der Waals surface area contributed by atoms with Gasteiger partial charge in [0.2, 0.25) is 0 Å². The van der Waals surface area contributed by atoms with Crippen LogP contribution in [0.1, 0.15) is 83.1 Å². The van der Waals surface area contributed by atoms with Gasteiger partial charge >= 0.3 is 0 Å². The number of para-hydroxylation sites is 2. The second-order valence-electron chi connectivity index (χ2n) is 11.4. The molecule has 4 bridgehead atoms. The molecule has 6 heteroatoms. The standard InChI is InChI=1S/C28H41N5O/c29-14-15-30-27-28(34)33(25-11-4-3-10-24(25)31-27)23-17-21-8-5-9-22(18-23)32(21)26-16-19-6-1-2-7-20(26)13-12-19/h3-4,10-11,19-23,26H,1-2,5-9,12-18,29H2,(H,30,31). The number of aromatic nitrogens is 2. The fourth-order valence-corrected chi connectivity index (χ4v) is 8.06. The van der Waals surface area contributed by atoms with Crippen LogP contribution < -0.4 is 16.6 Å². The summed E-state index contributed by atoms with van der Waals surface area (Å²) < 4.78 is 2.09. The molecule has 1 aromatic carbocycles. The van der Waals surface area contributed by atoms with Crippen molar-refractivity contribution in [3.05, 3.63) is 34.6 Å². The number of benzene rings is 1. The van der Waals surface area contributed by atoms with Gasteiger partial charge in [0, 0.05) is 37.3 Å². The minimum Gasteiger partial charge on any atom is -0.364 e. The zero-order valence-corrected chi connectivity index (χ0v) is 20.5. The average molecular weight is 464 g/mol. The fourth-order valence-electron chi connectivity index (χ4n) is 8.06. The van der Waals surface area contributed by atoms with E-state index in [1.165, 1.54) is 64.2 Å². The number of anilines is 1. The van der Waals surface area contributed by atoms with E-state index in [0.717, 1.165) is 41.8 Å². The molecule has 2 saturated heterocycles. The number of fused-ring (bicyclic) bond motifs is 9. The van der Waals surface area contributed by atoms with Crippen molar-refractivity contribution in [2.24, 2.45) is 17.6 Å². The lowest BCUT2D eigenvalue weighted by atomic mass is 9.69. The number of nitrogens with zero attached hydrogens (tertiary/aromatic N) is 3. The van der Waals surface area contributed by atoms with Gasteiger partial charge in [0.25, 0.3) is 5.56 Å². The minimum atomic E-state index is 0.0219. The lowest BCUT2D eigenvalue weighted by Gasteiger charge is -2.56. The molecule has 6 nitrogen and oxygen atoms in total. The van der Waals surface area contributed by atoms with Gasteiger partial charge in [-0.2, -0.15) is 0 Å². The van der Waals surface area contributed by atoms with Crippen molar-refractivity contribution in [2.75, 3.05) is 18.4 Å². The van der Waals surface area contributed by atoms with E-state index in [9.17, 15) is 4.79 Å². The summed E-state index contributed by atoms with van der Waals surface area (Å²) in [7, 11) is 0. The molecule has 3 saturated carbocycles. The molecule has 0 radical (unpaired) electrons. The molecule has 3 aliphatic carbocycles. The number of hydrogen-bond donors (Lipinski definition) is 2. The molecule has 34 heavy (non-hydrogen) atoms. The lowest BCUT2D eigenvalue weighted by molar-refractivity contribution is -0.0603. The third kappa shape index (κ3) is 4.07. The third-order valence-corrected chi connectivity index (χ3v) is 9.49. The molecule has 2 aromatic rings. The summed E-state index contributed by atoms with van der Waals surface area (Å²) in [5, 5.41) is 3.20. The largest absolute Gasteiger partial charge is 0.364 e. The normalized spacial score (nSPS) is 34.0. The van der Waals surface area contributed by atoms with Crippen molar-refractivity contribution in [1.29, 1.82) is 0 Å². The molecule has 3 N–H and O–H groups in total. The highest BCUT2D eigenvalue weighted by Gasteiger charge is 2.46. The molecular formula is C28H41N5O. The van der Waals surface area contributed by atoms with Crippen LogP contribution in [-0.2, 0) is 0 Å². The van der Waals surface area contributed by atoms with E-state index in [2.05, 4.69) is 25.8 Å². The smallest absolute Gasteiger partial charge is 0.294 e. The Morgan fingerprint density at radius 1 is 0.912 bits per heavy atom. The molecule has 0 amide bonds. The van der Waals surface area contributed by atoms with Gasteiger partial charge in [0.1, 0.15) is 0 Å². The lowest BCUT2D eigenvalue weighted by Crippen LogP contribution is -2.60. The molecule has 3 heterocycles. The molecule has 5 atom stereocenters. The highest BCUT2D eigenvalue weighted by molar-refractivity contribution is 5.76. The highest BCUT2D eigenvalue weighted by Crippen LogP contribution is 2.47. The quantitative estimate of drug-likeness (QED) is 0.673. The number of piperidine rings is 2. The van der Waals surface area contributed by atoms with Crippen LogP contribution in [0.15, 0.2) is 29.1 Å². The number of nitrogens with two attached hydrogens (primary N) is 1. The first-order chi connectivity index (χ1) is 16.7. The van der Waals surface area contributed by atoms with Gasteiger partial charge in [-0.1, -0.05) is 44.2 Å². The maximum absolute atomic E-state index is 13.7. The molecule has 5 aliphatic rings. The molecular weight excluding hydrogens is 422 g/mol. The van der Waals surface area contributed by atoms with Crippen molar-refractivity contribution in [3.8, 4) is 0 Å². The minimum absolute atomic E-state index is 0.0219. The Balaban J connectivity index is 1.33. The van der Waals surface area contributed by atoms with Crippen LogP contribution in [0.2, 0.25) is 0 Å². The van der Waals surface area contributed by atoms with Gasteiger partial charge in [-0.3, -0.25) is 9.69 Å². The Morgan fingerprint density at radius 3 is 2.53 bits per heavy atom. The summed E-state index contributed by atoms with van der Waals surface area (Å²) in [5.74, 6) is 2.30. The van der Waals surface area contributed by atoms with Crippen LogP contribution in [-0.4, -0.2) is 45.7 Å². The van der Waals surface area contributed by atoms with Crippen molar-refractivity contribution in [1.82, 2.24) is 14.5 Å². The first-order valence-corrected chi connectivity index (χ1v) is 14.0. The van der Waals surface area contributed by atoms with Gasteiger partial charge in [-0.15, -0.1) is 0 Å². The Labute approximate surface area is 203 Å². The van der Waals surface area contributed by atoms with Crippen LogP contribution >= 0.6 is 0 Å². The molecule has 5 fully saturated rings. The first kappa shape index (κ1) is 22.5. The molecule has 5 unspecified atom stereocenters. The topological polar surface area (TPSA) is 76.2 Å². The van der Waals surface area contributed by atoms with Crippen LogP contribution in [0.5, 0.6) is 0 Å². The van der Waals surface area contributed by atoms with E-state index in [1.54, 1.807) is 0 Å². The summed E-state index contributed by atoms with van der Waals surface area (Å²) in [5.41, 5.74) is 7.61.